The van der Waals surface area contributed by atoms with Crippen LogP contribution < -0.4 is 38.5 Å². The molecule has 0 aromatic carbocycles. The number of thiazole rings is 3. The van der Waals surface area contributed by atoms with Crippen LogP contribution in [-0.4, -0.2) is 57.7 Å². The third-order valence-corrected chi connectivity index (χ3v) is 11.3. The van der Waals surface area contributed by atoms with Crippen molar-refractivity contribution in [2.45, 2.75) is 111 Å². The molecule has 3 aromatic rings. The molecular weight excluding hydrogens is 733 g/mol. The number of nitrogens with zero attached hydrogens (tertiary/aromatic N) is 3. The summed E-state index contributed by atoms with van der Waals surface area (Å²) in [6.07, 6.45) is 5.86. The van der Waals surface area contributed by atoms with Crippen LogP contribution in [0.2, 0.25) is 0 Å². The second-order valence-electron chi connectivity index (χ2n) is 13.8. The van der Waals surface area contributed by atoms with Crippen molar-refractivity contribution in [1.82, 2.24) is 36.2 Å². The predicted octanol–water partition coefficient (Wildman–Crippen LogP) is 4.67. The van der Waals surface area contributed by atoms with Crippen molar-refractivity contribution >= 4 is 63.7 Å². The molecule has 18 heteroatoms. The molecule has 3 aromatic heterocycles. The molecule has 0 radical (unpaired) electrons. The summed E-state index contributed by atoms with van der Waals surface area (Å²) in [6, 6.07) is -1.18. The molecule has 12 N–H and O–H groups in total. The average molecular weight is 789 g/mol. The van der Waals surface area contributed by atoms with Gasteiger partial charge in [0.1, 0.15) is 14.6 Å². The number of nitrogens with two attached hydrogens (primary N) is 3. The quantitative estimate of drug-likeness (QED) is 0.0386. The van der Waals surface area contributed by atoms with E-state index in [2.05, 4.69) is 35.1 Å². The average Bonchev–Trinajstić information content (AvgIpc) is 3.79. The first-order chi connectivity index (χ1) is 25.1. The van der Waals surface area contributed by atoms with Crippen LogP contribution in [0.1, 0.15) is 146 Å². The Morgan fingerprint density at radius 2 is 1.30 bits per heavy atom. The third-order valence-electron chi connectivity index (χ3n) is 8.10. The second kappa shape index (κ2) is 20.9. The van der Waals surface area contributed by atoms with Crippen LogP contribution in [-0.2, 0) is 19.3 Å². The lowest BCUT2D eigenvalue weighted by molar-refractivity contribution is 0.0914. The number of carbonyl (C=O) groups excluding carboxylic acids is 3. The Bertz CT molecular complexity index is 1710. The van der Waals surface area contributed by atoms with E-state index in [1.807, 2.05) is 27.7 Å². The Hall–Kier alpha value is -4.16. The molecule has 0 aliphatic heterocycles. The van der Waals surface area contributed by atoms with E-state index in [-0.39, 0.29) is 29.7 Å². The van der Waals surface area contributed by atoms with Gasteiger partial charge in [0.15, 0.2) is 11.9 Å². The predicted molar refractivity (Wildman–Crippen MR) is 214 cm³/mol. The maximum absolute atomic E-state index is 14.3. The number of hydrogen-bond acceptors (Lipinski definition) is 11. The van der Waals surface area contributed by atoms with E-state index in [0.717, 1.165) is 35.0 Å². The van der Waals surface area contributed by atoms with E-state index in [4.69, 9.17) is 43.0 Å². The van der Waals surface area contributed by atoms with Gasteiger partial charge in [0, 0.05) is 19.5 Å². The summed E-state index contributed by atoms with van der Waals surface area (Å²) in [4.78, 5) is 56.4. The number of guanidine groups is 2. The standard InChI is InChI=1S/C35H56N12O3S3/c1-7-21-28(53-25(44-21)17-19(4)5)32(49)45-22(12-8-10-14-41-34(37)38)26-30(51-20(6)43-26)33(50)46-23(16-18(2)3)27-29(31(36)48)52-24(47-27)13-9-11-15-42-35(39)40/h18-19,22-23H,7-17H2,1-6H3,(H2,36,48)(H,45,49)(H,46,50)(H4,37,38,41)(H4,39,40,42)/t22-,23-/m0/s1. The van der Waals surface area contributed by atoms with E-state index in [0.29, 0.717) is 88.6 Å². The second-order valence-corrected chi connectivity index (χ2v) is 17.2. The SMILES string of the molecule is CCc1nc(CC(C)C)sc1C(=O)N[C@@H](CCCCNC(=N)N)c1nc(C)sc1C(=O)N[C@@H](CC(C)C)c1nc(CCCCNC(=N)N)sc1C(N)=O. The number of unbranched alkanes of at least 4 members (excludes halogenated alkanes) is 2. The number of primary amides is 1. The van der Waals surface area contributed by atoms with Gasteiger partial charge in [-0.1, -0.05) is 34.6 Å². The van der Waals surface area contributed by atoms with Gasteiger partial charge in [-0.3, -0.25) is 25.2 Å². The summed E-state index contributed by atoms with van der Waals surface area (Å²) >= 11 is 3.89. The van der Waals surface area contributed by atoms with Gasteiger partial charge in [-0.15, -0.1) is 34.0 Å². The Kier molecular flexibility index (Phi) is 17.1. The van der Waals surface area contributed by atoms with Crippen LogP contribution in [0.3, 0.4) is 0 Å². The summed E-state index contributed by atoms with van der Waals surface area (Å²) in [6.45, 7) is 13.2. The van der Waals surface area contributed by atoms with Crippen molar-refractivity contribution in [3.8, 4) is 0 Å². The monoisotopic (exact) mass is 788 g/mol. The van der Waals surface area contributed by atoms with Crippen LogP contribution in [0.4, 0.5) is 0 Å². The topological polar surface area (TPSA) is 264 Å². The minimum atomic E-state index is -0.604. The first-order valence-corrected chi connectivity index (χ1v) is 20.6. The molecule has 292 valence electrons. The van der Waals surface area contributed by atoms with Crippen LogP contribution in [0.15, 0.2) is 0 Å². The number of amides is 3. The van der Waals surface area contributed by atoms with E-state index in [9.17, 15) is 14.4 Å². The molecule has 3 heterocycles. The fourth-order valence-corrected chi connectivity index (χ4v) is 8.92. The highest BCUT2D eigenvalue weighted by Crippen LogP contribution is 2.33. The lowest BCUT2D eigenvalue weighted by atomic mass is 9.99. The van der Waals surface area contributed by atoms with Gasteiger partial charge < -0.3 is 38.5 Å². The molecule has 0 aliphatic rings. The first-order valence-electron chi connectivity index (χ1n) is 18.1. The highest BCUT2D eigenvalue weighted by atomic mass is 32.1. The molecular formula is C35H56N12O3S3. The minimum absolute atomic E-state index is 0.0825. The lowest BCUT2D eigenvalue weighted by Crippen LogP contribution is -2.34. The first kappa shape index (κ1) is 43.2. The zero-order chi connectivity index (χ0) is 39.2. The van der Waals surface area contributed by atoms with Gasteiger partial charge in [-0.05, 0) is 70.1 Å². The van der Waals surface area contributed by atoms with Gasteiger partial charge in [-0.25, -0.2) is 15.0 Å². The van der Waals surface area contributed by atoms with Crippen LogP contribution in [0.25, 0.3) is 0 Å². The Morgan fingerprint density at radius 1 is 0.717 bits per heavy atom. The summed E-state index contributed by atoms with van der Waals surface area (Å²) in [5.74, 6) is -0.881. The molecule has 0 saturated carbocycles. The minimum Gasteiger partial charge on any atom is -0.370 e. The van der Waals surface area contributed by atoms with Crippen molar-refractivity contribution in [1.29, 1.82) is 10.8 Å². The molecule has 0 saturated heterocycles. The molecule has 15 nitrogen and oxygen atoms in total. The number of carbonyl (C=O) groups is 3. The highest BCUT2D eigenvalue weighted by Gasteiger charge is 2.31. The maximum Gasteiger partial charge on any atom is 0.263 e. The normalized spacial score (nSPS) is 12.5. The van der Waals surface area contributed by atoms with Crippen LogP contribution >= 0.6 is 34.0 Å². The van der Waals surface area contributed by atoms with E-state index in [1.54, 1.807) is 0 Å². The number of aromatic nitrogens is 3. The molecule has 0 bridgehead atoms. The molecule has 0 aliphatic carbocycles. The number of rotatable bonds is 22. The third kappa shape index (κ3) is 13.6. The highest BCUT2D eigenvalue weighted by molar-refractivity contribution is 7.14. The Morgan fingerprint density at radius 3 is 1.89 bits per heavy atom. The van der Waals surface area contributed by atoms with Crippen molar-refractivity contribution < 1.29 is 14.4 Å². The van der Waals surface area contributed by atoms with Crippen molar-refractivity contribution in [3.63, 3.8) is 0 Å². The molecule has 0 unspecified atom stereocenters. The van der Waals surface area contributed by atoms with E-state index in [1.165, 1.54) is 34.0 Å². The van der Waals surface area contributed by atoms with Crippen LogP contribution in [0.5, 0.6) is 0 Å². The molecule has 3 amide bonds. The van der Waals surface area contributed by atoms with Gasteiger partial charge in [0.2, 0.25) is 0 Å². The van der Waals surface area contributed by atoms with Gasteiger partial charge >= 0.3 is 0 Å². The van der Waals surface area contributed by atoms with Crippen LogP contribution in [0, 0.1) is 29.6 Å². The van der Waals surface area contributed by atoms with Gasteiger partial charge in [0.25, 0.3) is 17.7 Å². The zero-order valence-corrected chi connectivity index (χ0v) is 34.1. The summed E-state index contributed by atoms with van der Waals surface area (Å²) in [5, 5.41) is 29.1. The Balaban J connectivity index is 1.93. The number of aryl methyl sites for hydroxylation is 3. The molecule has 2 atom stereocenters. The number of hydrogen-bond donors (Lipinski definition) is 9. The molecule has 3 rings (SSSR count). The van der Waals surface area contributed by atoms with Crippen molar-refractivity contribution in [2.24, 2.45) is 29.0 Å². The van der Waals surface area contributed by atoms with Gasteiger partial charge in [0.05, 0.1) is 44.2 Å². The largest absolute Gasteiger partial charge is 0.370 e. The van der Waals surface area contributed by atoms with Crippen molar-refractivity contribution in [3.05, 3.63) is 46.7 Å². The number of nitrogens with one attached hydrogen (secondary N) is 6. The van der Waals surface area contributed by atoms with E-state index >= 15 is 0 Å². The molecule has 53 heavy (non-hydrogen) atoms. The summed E-state index contributed by atoms with van der Waals surface area (Å²) in [5.41, 5.74) is 18.3. The van der Waals surface area contributed by atoms with E-state index < -0.39 is 18.0 Å². The summed E-state index contributed by atoms with van der Waals surface area (Å²) < 4.78 is 0. The fourth-order valence-electron chi connectivity index (χ4n) is 5.75. The molecule has 0 fully saturated rings. The molecule has 0 spiro atoms. The maximum atomic E-state index is 14.3. The van der Waals surface area contributed by atoms with Gasteiger partial charge in [-0.2, -0.15) is 0 Å². The zero-order valence-electron chi connectivity index (χ0n) is 31.6. The Labute approximate surface area is 324 Å². The smallest absolute Gasteiger partial charge is 0.263 e. The summed E-state index contributed by atoms with van der Waals surface area (Å²) in [7, 11) is 0. The van der Waals surface area contributed by atoms with Crippen molar-refractivity contribution in [2.75, 3.05) is 13.1 Å². The fraction of sp³-hybridized carbons (Fsp3) is 0.600. The lowest BCUT2D eigenvalue weighted by Gasteiger charge is -2.22.